The molecule has 2 unspecified atom stereocenters. The molecule has 11 heteroatoms. The van der Waals surface area contributed by atoms with E-state index in [0.29, 0.717) is 35.6 Å². The lowest BCUT2D eigenvalue weighted by molar-refractivity contribution is -0.142. The molecule has 4 rings (SSSR count). The Kier molecular flexibility index (Phi) is 5.99. The zero-order valence-electron chi connectivity index (χ0n) is 16.3. The summed E-state index contributed by atoms with van der Waals surface area (Å²) in [6.45, 7) is 1.16. The molecule has 31 heavy (non-hydrogen) atoms. The molecular weight excluding hydrogens is 439 g/mol. The number of ether oxygens (including phenoxy) is 1. The van der Waals surface area contributed by atoms with E-state index in [1.807, 2.05) is 18.2 Å². The number of alkyl halides is 3. The van der Waals surface area contributed by atoms with E-state index in [0.717, 1.165) is 18.4 Å². The molecule has 0 bridgehead atoms. The first-order valence-corrected chi connectivity index (χ1v) is 10.2. The number of benzene rings is 1. The van der Waals surface area contributed by atoms with Crippen molar-refractivity contribution in [1.82, 2.24) is 14.7 Å². The van der Waals surface area contributed by atoms with Crippen LogP contribution >= 0.6 is 11.6 Å². The maximum Gasteiger partial charge on any atom is 0.419 e. The predicted molar refractivity (Wildman–Crippen MR) is 103 cm³/mol. The number of amides is 1. The number of nitrogens with zero attached hydrogens (tertiary/aromatic N) is 3. The Balaban J connectivity index is 1.36. The maximum atomic E-state index is 13.1. The molecule has 1 saturated heterocycles. The van der Waals surface area contributed by atoms with Gasteiger partial charge in [-0.15, -0.1) is 0 Å². The molecule has 2 heterocycles. The number of likely N-dealkylation sites (tertiary alicyclic amines) is 1. The molecule has 1 aliphatic carbocycles. The molecule has 2 aromatic rings. The van der Waals surface area contributed by atoms with E-state index < -0.39 is 29.8 Å². The molecule has 1 saturated carbocycles. The van der Waals surface area contributed by atoms with Crippen LogP contribution in [-0.2, 0) is 17.5 Å². The summed E-state index contributed by atoms with van der Waals surface area (Å²) in [6.07, 6.45) is -5.27. The quantitative estimate of drug-likeness (QED) is 0.684. The van der Waals surface area contributed by atoms with Crippen molar-refractivity contribution >= 4 is 17.6 Å². The van der Waals surface area contributed by atoms with Crippen LogP contribution in [0.15, 0.2) is 30.5 Å². The molecule has 0 radical (unpaired) electrons. The summed E-state index contributed by atoms with van der Waals surface area (Å²) in [5.74, 6) is 0.362. The van der Waals surface area contributed by atoms with Gasteiger partial charge in [-0.05, 0) is 36.3 Å². The summed E-state index contributed by atoms with van der Waals surface area (Å²) in [4.78, 5) is 14.1. The third kappa shape index (κ3) is 4.57. The fourth-order valence-corrected chi connectivity index (χ4v) is 4.59. The van der Waals surface area contributed by atoms with Gasteiger partial charge in [-0.1, -0.05) is 29.8 Å². The molecule has 1 aromatic carbocycles. The van der Waals surface area contributed by atoms with Gasteiger partial charge in [-0.3, -0.25) is 0 Å². The number of aliphatic hydroxyl groups excluding tert-OH is 1. The number of halogens is 4. The minimum atomic E-state index is -4.86. The summed E-state index contributed by atoms with van der Waals surface area (Å²) in [5, 5.41) is 22.5. The molecule has 2 N–H and O–H groups in total. The molecule has 168 valence electrons. The van der Waals surface area contributed by atoms with Crippen LogP contribution in [0.3, 0.4) is 0 Å². The molecule has 2 atom stereocenters. The average molecular weight is 460 g/mol. The Hall–Kier alpha value is -2.14. The second-order valence-corrected chi connectivity index (χ2v) is 8.35. The Labute approximate surface area is 181 Å². The van der Waals surface area contributed by atoms with E-state index in [1.165, 1.54) is 4.90 Å². The predicted octanol–water partition coefficient (Wildman–Crippen LogP) is 3.43. The van der Waals surface area contributed by atoms with Crippen molar-refractivity contribution in [3.05, 3.63) is 52.3 Å². The first-order valence-electron chi connectivity index (χ1n) is 9.80. The van der Waals surface area contributed by atoms with Crippen molar-refractivity contribution in [2.45, 2.75) is 38.0 Å². The third-order valence-corrected chi connectivity index (χ3v) is 6.27. The van der Waals surface area contributed by atoms with E-state index in [-0.39, 0.29) is 17.9 Å². The van der Waals surface area contributed by atoms with E-state index in [4.69, 9.17) is 16.3 Å². The van der Waals surface area contributed by atoms with Crippen LogP contribution < -0.4 is 0 Å². The molecule has 2 aliphatic rings. The zero-order chi connectivity index (χ0) is 22.3. The third-order valence-electron chi connectivity index (χ3n) is 5.90. The van der Waals surface area contributed by atoms with Gasteiger partial charge in [-0.25, -0.2) is 4.79 Å². The lowest BCUT2D eigenvalue weighted by Crippen LogP contribution is -2.34. The normalized spacial score (nSPS) is 23.6. The van der Waals surface area contributed by atoms with Crippen LogP contribution in [0, 0.1) is 11.8 Å². The van der Waals surface area contributed by atoms with Crippen LogP contribution in [0.5, 0.6) is 0 Å². The monoisotopic (exact) mass is 459 g/mol. The lowest BCUT2D eigenvalue weighted by Gasteiger charge is -2.19. The molecule has 1 aliphatic heterocycles. The van der Waals surface area contributed by atoms with Crippen molar-refractivity contribution in [2.24, 2.45) is 11.8 Å². The van der Waals surface area contributed by atoms with Gasteiger partial charge in [-0.2, -0.15) is 23.0 Å². The van der Waals surface area contributed by atoms with E-state index in [1.54, 1.807) is 6.07 Å². The van der Waals surface area contributed by atoms with Crippen molar-refractivity contribution in [1.29, 1.82) is 0 Å². The number of carbonyl (C=O) groups is 1. The zero-order valence-corrected chi connectivity index (χ0v) is 17.1. The number of aromatic nitrogens is 2. The average Bonchev–Trinajstić information content (AvgIpc) is 3.39. The van der Waals surface area contributed by atoms with Gasteiger partial charge in [0.25, 0.3) is 0 Å². The molecule has 1 aromatic heterocycles. The maximum absolute atomic E-state index is 13.1. The second-order valence-electron chi connectivity index (χ2n) is 7.95. The van der Waals surface area contributed by atoms with Gasteiger partial charge in [0.1, 0.15) is 11.3 Å². The van der Waals surface area contributed by atoms with Crippen LogP contribution in [0.1, 0.15) is 36.0 Å². The first-order chi connectivity index (χ1) is 14.6. The van der Waals surface area contributed by atoms with Crippen LogP contribution in [0.4, 0.5) is 18.0 Å². The number of hydrogen-bond donors (Lipinski definition) is 2. The number of carbonyl (C=O) groups excluding carboxylic acids is 1. The van der Waals surface area contributed by atoms with E-state index in [9.17, 15) is 28.2 Å². The van der Waals surface area contributed by atoms with Crippen LogP contribution in [-0.4, -0.2) is 50.1 Å². The first kappa shape index (κ1) is 22.1. The molecule has 7 nitrogen and oxygen atoms in total. The Morgan fingerprint density at radius 2 is 1.87 bits per heavy atom. The van der Waals surface area contributed by atoms with Gasteiger partial charge >= 0.3 is 12.2 Å². The van der Waals surface area contributed by atoms with Crippen LogP contribution in [0.25, 0.3) is 0 Å². The van der Waals surface area contributed by atoms with Crippen molar-refractivity contribution in [2.75, 3.05) is 13.1 Å². The largest absolute Gasteiger partial charge is 0.419 e. The number of aliphatic hydroxyl groups is 2. The van der Waals surface area contributed by atoms with Gasteiger partial charge in [0, 0.05) is 24.3 Å². The Morgan fingerprint density at radius 1 is 1.23 bits per heavy atom. The molecule has 1 amide bonds. The van der Waals surface area contributed by atoms with Crippen molar-refractivity contribution in [3.8, 4) is 0 Å². The highest BCUT2D eigenvalue weighted by atomic mass is 35.5. The lowest BCUT2D eigenvalue weighted by atomic mass is 10.0. The topological polar surface area (TPSA) is 87.8 Å². The fraction of sp³-hybridized carbons (Fsp3) is 0.500. The minimum absolute atomic E-state index is 0.0289. The summed E-state index contributed by atoms with van der Waals surface area (Å²) in [7, 11) is 0. The van der Waals surface area contributed by atoms with Crippen molar-refractivity contribution in [3.63, 3.8) is 0 Å². The van der Waals surface area contributed by atoms with Gasteiger partial charge in [0.15, 0.2) is 6.29 Å². The summed E-state index contributed by atoms with van der Waals surface area (Å²) in [6, 6.07) is 6.71. The second kappa shape index (κ2) is 8.42. The van der Waals surface area contributed by atoms with Gasteiger partial charge < -0.3 is 19.8 Å². The SMILES string of the molecule is O=C(N1CC2CC(OCc3ccccc3Cl)CC2C1)n1cc(C(F)(F)F)c(C(O)O)n1. The minimum Gasteiger partial charge on any atom is -0.373 e. The summed E-state index contributed by atoms with van der Waals surface area (Å²) in [5.41, 5.74) is -1.43. The summed E-state index contributed by atoms with van der Waals surface area (Å²) >= 11 is 6.14. The van der Waals surface area contributed by atoms with Crippen LogP contribution in [0.2, 0.25) is 5.02 Å². The number of rotatable bonds is 4. The smallest absolute Gasteiger partial charge is 0.373 e. The Morgan fingerprint density at radius 3 is 2.42 bits per heavy atom. The van der Waals surface area contributed by atoms with Crippen molar-refractivity contribution < 1.29 is 32.9 Å². The highest BCUT2D eigenvalue weighted by molar-refractivity contribution is 6.31. The van der Waals surface area contributed by atoms with E-state index >= 15 is 0 Å². The number of hydrogen-bond acceptors (Lipinski definition) is 5. The summed E-state index contributed by atoms with van der Waals surface area (Å²) < 4.78 is 45.8. The molecule has 0 spiro atoms. The highest BCUT2D eigenvalue weighted by Crippen LogP contribution is 2.40. The van der Waals surface area contributed by atoms with Gasteiger partial charge in [0.2, 0.25) is 0 Å². The standard InChI is InChI=1S/C20H21ClF3N3O4/c21-16-4-2-1-3-11(16)10-31-14-5-12-7-26(8-13(12)6-14)19(30)27-9-15(20(22,23)24)17(25-27)18(28)29/h1-4,9,12-14,18,28-29H,5-8,10H2. The highest BCUT2D eigenvalue weighted by Gasteiger charge is 2.44. The number of fused-ring (bicyclic) bond motifs is 1. The molecular formula is C20H21ClF3N3O4. The fourth-order valence-electron chi connectivity index (χ4n) is 4.40. The van der Waals surface area contributed by atoms with E-state index in [2.05, 4.69) is 5.10 Å². The van der Waals surface area contributed by atoms with Gasteiger partial charge in [0.05, 0.1) is 12.7 Å². The Bertz CT molecular complexity index is 951. The molecule has 2 fully saturated rings.